The van der Waals surface area contributed by atoms with Gasteiger partial charge in [-0.05, 0) is 0 Å². The molecule has 0 atom stereocenters. The van der Waals surface area contributed by atoms with Gasteiger partial charge in [0.15, 0.2) is 16.9 Å². The van der Waals surface area contributed by atoms with E-state index in [4.69, 9.17) is 11.1 Å². The summed E-state index contributed by atoms with van der Waals surface area (Å²) in [5.74, 6) is -5.01. The highest BCUT2D eigenvalue weighted by Crippen LogP contribution is 2.37. The molecule has 0 aromatic carbocycles. The van der Waals surface area contributed by atoms with E-state index in [1.807, 2.05) is 0 Å². The molecule has 29 heavy (non-hydrogen) atoms. The topological polar surface area (TPSA) is 133 Å². The summed E-state index contributed by atoms with van der Waals surface area (Å²) in [6.07, 6.45) is -5.01. The normalized spacial score (nSPS) is 12.6. The summed E-state index contributed by atoms with van der Waals surface area (Å²) in [4.78, 5) is 14.0. The molecule has 0 unspecified atom stereocenters. The molecule has 1 aromatic rings. The van der Waals surface area contributed by atoms with Gasteiger partial charge < -0.3 is 16.4 Å². The maximum atomic E-state index is 13.3. The van der Waals surface area contributed by atoms with Crippen molar-refractivity contribution in [2.24, 2.45) is 5.73 Å². The zero-order valence-corrected chi connectivity index (χ0v) is 16.6. The average molecular weight is 463 g/mol. The van der Waals surface area contributed by atoms with E-state index in [0.717, 1.165) is 17.5 Å². The number of guanidine groups is 1. The van der Waals surface area contributed by atoms with Crippen LogP contribution in [0.2, 0.25) is 0 Å². The molecule has 1 aromatic heterocycles. The van der Waals surface area contributed by atoms with E-state index >= 15 is 0 Å². The molecule has 0 aliphatic rings. The Balaban J connectivity index is 2.61. The largest absolute Gasteiger partial charge is 0.455 e. The smallest absolute Gasteiger partial charge is 0.370 e. The summed E-state index contributed by atoms with van der Waals surface area (Å²) in [5.41, 5.74) is 5.56. The number of rotatable bonds is 11. The first-order valence-corrected chi connectivity index (χ1v) is 9.76. The van der Waals surface area contributed by atoms with Crippen molar-refractivity contribution in [2.75, 3.05) is 30.8 Å². The lowest BCUT2D eigenvalue weighted by molar-refractivity contribution is -0.404. The van der Waals surface area contributed by atoms with Crippen molar-refractivity contribution in [3.8, 4) is 0 Å². The fourth-order valence-corrected chi connectivity index (χ4v) is 3.46. The lowest BCUT2D eigenvalue weighted by Gasteiger charge is -2.26. The number of nitrogens with zero attached hydrogens (tertiary/aromatic N) is 3. The molecule has 0 saturated heterocycles. The molecule has 0 aliphatic carbocycles. The Kier molecular flexibility index (Phi) is 8.87. The highest BCUT2D eigenvalue weighted by molar-refractivity contribution is 7.98. The van der Waals surface area contributed by atoms with Crippen LogP contribution in [-0.2, 0) is 5.75 Å². The maximum absolute atomic E-state index is 13.3. The molecule has 0 fully saturated rings. The highest BCUT2D eigenvalue weighted by Gasteiger charge is 2.58. The molecule has 1 heterocycles. The summed E-state index contributed by atoms with van der Waals surface area (Å²) in [7, 11) is 1.51. The lowest BCUT2D eigenvalue weighted by Crippen LogP contribution is -2.50. The first kappa shape index (κ1) is 24.7. The van der Waals surface area contributed by atoms with E-state index in [-0.39, 0.29) is 11.0 Å². The fourth-order valence-electron chi connectivity index (χ4n) is 1.77. The number of hydrogen-bond donors (Lipinski definition) is 4. The van der Waals surface area contributed by atoms with Crippen molar-refractivity contribution in [3.05, 3.63) is 33.2 Å². The SMILES string of the molecule is CNC(=C[N+](=O)[O-])NCCSCc1csc(N(CC(F)(F)C(F)(F)F)C(=N)N)n1. The molecular weight excluding hydrogens is 445 g/mol. The van der Waals surface area contributed by atoms with Crippen molar-refractivity contribution in [3.63, 3.8) is 0 Å². The molecule has 0 saturated carbocycles. The summed E-state index contributed by atoms with van der Waals surface area (Å²) in [5, 5.41) is 24.3. The van der Waals surface area contributed by atoms with Gasteiger partial charge in [-0.15, -0.1) is 11.3 Å². The van der Waals surface area contributed by atoms with E-state index in [0.29, 0.717) is 28.6 Å². The van der Waals surface area contributed by atoms with Gasteiger partial charge in [-0.1, -0.05) is 0 Å². The van der Waals surface area contributed by atoms with Crippen molar-refractivity contribution < 1.29 is 26.9 Å². The standard InChI is InChI=1S/C13H18F5N7O2S2/c1-21-9(4-25(26)27)22-2-3-28-5-8-6-29-11(23-8)24(10(19)20)7-12(14,15)13(16,17)18/h4,6,21-22H,2-3,5,7H2,1H3,(H3,19,20). The van der Waals surface area contributed by atoms with Crippen molar-refractivity contribution in [1.29, 1.82) is 5.41 Å². The van der Waals surface area contributed by atoms with Crippen LogP contribution in [0.1, 0.15) is 5.69 Å². The first-order valence-electron chi connectivity index (χ1n) is 7.72. The van der Waals surface area contributed by atoms with Crippen LogP contribution in [0.3, 0.4) is 0 Å². The summed E-state index contributed by atoms with van der Waals surface area (Å²) in [6.45, 7) is -1.47. The number of halogens is 5. The van der Waals surface area contributed by atoms with Crippen LogP contribution in [0.15, 0.2) is 17.4 Å². The quantitative estimate of drug-likeness (QED) is 0.0980. The van der Waals surface area contributed by atoms with E-state index in [1.54, 1.807) is 0 Å². The van der Waals surface area contributed by atoms with E-state index in [2.05, 4.69) is 15.6 Å². The number of nitrogens with two attached hydrogens (primary N) is 1. The van der Waals surface area contributed by atoms with E-state index in [1.165, 1.54) is 24.2 Å². The van der Waals surface area contributed by atoms with E-state index in [9.17, 15) is 32.1 Å². The van der Waals surface area contributed by atoms with Crippen LogP contribution in [-0.4, -0.2) is 53.9 Å². The number of thioether (sulfide) groups is 1. The van der Waals surface area contributed by atoms with Crippen LogP contribution in [0.25, 0.3) is 0 Å². The first-order chi connectivity index (χ1) is 13.4. The summed E-state index contributed by atoms with van der Waals surface area (Å²) < 4.78 is 63.8. The Morgan fingerprint density at radius 3 is 2.66 bits per heavy atom. The monoisotopic (exact) mass is 463 g/mol. The predicted octanol–water partition coefficient (Wildman–Crippen LogP) is 2.16. The number of thiazole rings is 1. The molecule has 0 bridgehead atoms. The Hall–Kier alpha value is -2.36. The van der Waals surface area contributed by atoms with Gasteiger partial charge in [0.1, 0.15) is 6.54 Å². The number of aromatic nitrogens is 1. The molecule has 0 radical (unpaired) electrons. The van der Waals surface area contributed by atoms with Crippen LogP contribution in [0, 0.1) is 15.5 Å². The third-order valence-electron chi connectivity index (χ3n) is 3.15. The maximum Gasteiger partial charge on any atom is 0.455 e. The predicted molar refractivity (Wildman–Crippen MR) is 101 cm³/mol. The second-order valence-corrected chi connectivity index (χ2v) is 7.29. The van der Waals surface area contributed by atoms with Crippen molar-refractivity contribution in [2.45, 2.75) is 17.9 Å². The molecule has 16 heteroatoms. The second kappa shape index (κ2) is 10.4. The van der Waals surface area contributed by atoms with Gasteiger partial charge in [-0.25, -0.2) is 4.98 Å². The Morgan fingerprint density at radius 1 is 1.48 bits per heavy atom. The Labute approximate surface area is 170 Å². The number of nitrogens with one attached hydrogen (secondary N) is 3. The minimum atomic E-state index is -5.78. The van der Waals surface area contributed by atoms with Gasteiger partial charge in [0, 0.05) is 30.5 Å². The van der Waals surface area contributed by atoms with Gasteiger partial charge in [-0.3, -0.25) is 20.4 Å². The molecular formula is C13H18F5N7O2S2. The van der Waals surface area contributed by atoms with Crippen LogP contribution in [0.5, 0.6) is 0 Å². The van der Waals surface area contributed by atoms with Crippen LogP contribution < -0.4 is 21.3 Å². The minimum absolute atomic E-state index is 0.217. The Morgan fingerprint density at radius 2 is 2.14 bits per heavy atom. The number of alkyl halides is 5. The summed E-state index contributed by atoms with van der Waals surface area (Å²) in [6, 6.07) is 0. The third-order valence-corrected chi connectivity index (χ3v) is 5.05. The van der Waals surface area contributed by atoms with Gasteiger partial charge in [0.05, 0.1) is 10.6 Å². The zero-order chi connectivity index (χ0) is 22.2. The molecule has 0 aliphatic heterocycles. The van der Waals surface area contributed by atoms with Crippen LogP contribution >= 0.6 is 23.1 Å². The molecule has 0 spiro atoms. The number of hydrogen-bond acceptors (Lipinski definition) is 8. The van der Waals surface area contributed by atoms with Gasteiger partial charge in [0.25, 0.3) is 6.20 Å². The average Bonchev–Trinajstić information content (AvgIpc) is 3.05. The minimum Gasteiger partial charge on any atom is -0.370 e. The van der Waals surface area contributed by atoms with Gasteiger partial charge >= 0.3 is 12.1 Å². The fraction of sp³-hybridized carbons (Fsp3) is 0.538. The van der Waals surface area contributed by atoms with Gasteiger partial charge in [-0.2, -0.15) is 33.7 Å². The molecule has 5 N–H and O–H groups in total. The number of anilines is 1. The van der Waals surface area contributed by atoms with Gasteiger partial charge in [0.2, 0.25) is 0 Å². The third kappa shape index (κ3) is 7.88. The second-order valence-electron chi connectivity index (χ2n) is 5.35. The van der Waals surface area contributed by atoms with Crippen molar-refractivity contribution in [1.82, 2.24) is 15.6 Å². The number of nitro groups is 1. The zero-order valence-electron chi connectivity index (χ0n) is 14.9. The molecule has 1 rings (SSSR count). The Bertz CT molecular complexity index is 741. The summed E-state index contributed by atoms with van der Waals surface area (Å²) >= 11 is 2.14. The molecule has 0 amide bonds. The van der Waals surface area contributed by atoms with Crippen molar-refractivity contribution >= 4 is 34.2 Å². The lowest BCUT2D eigenvalue weighted by atomic mass is 10.3. The highest BCUT2D eigenvalue weighted by atomic mass is 32.2. The molecule has 164 valence electrons. The van der Waals surface area contributed by atoms with Crippen LogP contribution in [0.4, 0.5) is 27.1 Å². The molecule has 9 nitrogen and oxygen atoms in total. The van der Waals surface area contributed by atoms with E-state index < -0.39 is 29.5 Å².